The summed E-state index contributed by atoms with van der Waals surface area (Å²) in [5, 5.41) is 3.18. The molecule has 2 heterocycles. The highest BCUT2D eigenvalue weighted by Gasteiger charge is 2.36. The fourth-order valence-corrected chi connectivity index (χ4v) is 3.03. The number of nitrogens with one attached hydrogen (secondary N) is 1. The Morgan fingerprint density at radius 1 is 1.35 bits per heavy atom. The van der Waals surface area contributed by atoms with Crippen molar-refractivity contribution in [1.82, 2.24) is 10.3 Å². The van der Waals surface area contributed by atoms with Crippen LogP contribution in [0.5, 0.6) is 0 Å². The van der Waals surface area contributed by atoms with Crippen LogP contribution >= 0.6 is 0 Å². The van der Waals surface area contributed by atoms with Crippen LogP contribution in [0, 0.1) is 11.2 Å². The first-order valence-electron chi connectivity index (χ1n) is 7.75. The lowest BCUT2D eigenvalue weighted by molar-refractivity contribution is 0.301. The first kappa shape index (κ1) is 15.2. The number of anilines is 1. The predicted molar refractivity (Wildman–Crippen MR) is 81.4 cm³/mol. The summed E-state index contributed by atoms with van der Waals surface area (Å²) >= 11 is 0. The third kappa shape index (κ3) is 2.95. The maximum atomic E-state index is 14.6. The van der Waals surface area contributed by atoms with E-state index in [2.05, 4.69) is 29.0 Å². The third-order valence-corrected chi connectivity index (χ3v) is 4.75. The SMILES string of the molecule is CCNCc1ccnc(N2CCC(CC)(CC)C2)c1F. The molecule has 0 radical (unpaired) electrons. The summed E-state index contributed by atoms with van der Waals surface area (Å²) in [5.41, 5.74) is 1.05. The number of hydrogen-bond donors (Lipinski definition) is 1. The van der Waals surface area contributed by atoms with Crippen LogP contribution in [0.4, 0.5) is 10.2 Å². The standard InChI is InChI=1S/C16H26FN3/c1-4-16(5-2)8-10-20(12-16)15-14(17)13(7-9-19-15)11-18-6-3/h7,9,18H,4-6,8,10-12H2,1-3H3. The molecule has 0 aliphatic carbocycles. The third-order valence-electron chi connectivity index (χ3n) is 4.75. The second-order valence-corrected chi connectivity index (χ2v) is 5.77. The first-order valence-corrected chi connectivity index (χ1v) is 7.75. The van der Waals surface area contributed by atoms with Crippen LogP contribution in [-0.2, 0) is 6.54 Å². The number of rotatable bonds is 6. The van der Waals surface area contributed by atoms with Crippen LogP contribution in [-0.4, -0.2) is 24.6 Å². The van der Waals surface area contributed by atoms with Gasteiger partial charge in [0.15, 0.2) is 11.6 Å². The quantitative estimate of drug-likeness (QED) is 0.865. The van der Waals surface area contributed by atoms with Gasteiger partial charge < -0.3 is 10.2 Å². The molecule has 1 fully saturated rings. The van der Waals surface area contributed by atoms with Gasteiger partial charge in [0, 0.05) is 31.4 Å². The van der Waals surface area contributed by atoms with Gasteiger partial charge in [0.25, 0.3) is 0 Å². The highest BCUT2D eigenvalue weighted by Crippen LogP contribution is 2.39. The maximum Gasteiger partial charge on any atom is 0.170 e. The van der Waals surface area contributed by atoms with Crippen molar-refractivity contribution in [3.63, 3.8) is 0 Å². The largest absolute Gasteiger partial charge is 0.354 e. The van der Waals surface area contributed by atoms with Gasteiger partial charge in [-0.05, 0) is 37.3 Å². The van der Waals surface area contributed by atoms with Crippen LogP contribution in [0.25, 0.3) is 0 Å². The van der Waals surface area contributed by atoms with E-state index in [1.807, 2.05) is 6.92 Å². The van der Waals surface area contributed by atoms with Gasteiger partial charge in [0.05, 0.1) is 0 Å². The van der Waals surface area contributed by atoms with E-state index in [9.17, 15) is 4.39 Å². The lowest BCUT2D eigenvalue weighted by atomic mass is 9.82. The van der Waals surface area contributed by atoms with Gasteiger partial charge in [-0.3, -0.25) is 0 Å². The molecule has 2 rings (SSSR count). The van der Waals surface area contributed by atoms with Gasteiger partial charge >= 0.3 is 0 Å². The molecule has 0 aromatic carbocycles. The Hall–Kier alpha value is -1.16. The van der Waals surface area contributed by atoms with Crippen molar-refractivity contribution < 1.29 is 4.39 Å². The molecule has 112 valence electrons. The van der Waals surface area contributed by atoms with E-state index >= 15 is 0 Å². The molecular weight excluding hydrogens is 253 g/mol. The van der Waals surface area contributed by atoms with Crippen LogP contribution in [0.15, 0.2) is 12.3 Å². The van der Waals surface area contributed by atoms with Crippen molar-refractivity contribution in [2.24, 2.45) is 5.41 Å². The Kier molecular flexibility index (Phi) is 4.97. The molecule has 1 aromatic rings. The molecule has 1 aliphatic rings. The molecule has 1 aliphatic heterocycles. The molecule has 0 bridgehead atoms. The number of hydrogen-bond acceptors (Lipinski definition) is 3. The normalized spacial score (nSPS) is 17.7. The van der Waals surface area contributed by atoms with Gasteiger partial charge in [-0.1, -0.05) is 20.8 Å². The summed E-state index contributed by atoms with van der Waals surface area (Å²) < 4.78 is 14.6. The zero-order chi connectivity index (χ0) is 14.6. The topological polar surface area (TPSA) is 28.2 Å². The van der Waals surface area contributed by atoms with Gasteiger partial charge in [-0.15, -0.1) is 0 Å². The molecule has 0 amide bonds. The molecule has 1 N–H and O–H groups in total. The number of aromatic nitrogens is 1. The van der Waals surface area contributed by atoms with E-state index in [0.717, 1.165) is 38.9 Å². The lowest BCUT2D eigenvalue weighted by Gasteiger charge is -2.27. The van der Waals surface area contributed by atoms with Crippen molar-refractivity contribution in [1.29, 1.82) is 0 Å². The Morgan fingerprint density at radius 2 is 2.10 bits per heavy atom. The second kappa shape index (κ2) is 6.53. The molecule has 3 nitrogen and oxygen atoms in total. The number of halogens is 1. The lowest BCUT2D eigenvalue weighted by Crippen LogP contribution is -2.28. The maximum absolute atomic E-state index is 14.6. The van der Waals surface area contributed by atoms with E-state index in [1.165, 1.54) is 0 Å². The van der Waals surface area contributed by atoms with Crippen molar-refractivity contribution in [3.8, 4) is 0 Å². The zero-order valence-electron chi connectivity index (χ0n) is 12.9. The van der Waals surface area contributed by atoms with Crippen molar-refractivity contribution in [2.45, 2.75) is 46.6 Å². The molecule has 1 aromatic heterocycles. The van der Waals surface area contributed by atoms with Crippen LogP contribution < -0.4 is 10.2 Å². The average molecular weight is 279 g/mol. The van der Waals surface area contributed by atoms with Crippen LogP contribution in [0.3, 0.4) is 0 Å². The predicted octanol–water partition coefficient (Wildman–Crippen LogP) is 3.35. The molecule has 20 heavy (non-hydrogen) atoms. The smallest absolute Gasteiger partial charge is 0.170 e. The Balaban J connectivity index is 2.18. The minimum Gasteiger partial charge on any atom is -0.354 e. The van der Waals surface area contributed by atoms with Gasteiger partial charge in [-0.2, -0.15) is 0 Å². The highest BCUT2D eigenvalue weighted by atomic mass is 19.1. The molecule has 0 saturated carbocycles. The van der Waals surface area contributed by atoms with Gasteiger partial charge in [0.2, 0.25) is 0 Å². The van der Waals surface area contributed by atoms with Crippen LogP contribution in [0.2, 0.25) is 0 Å². The molecule has 0 unspecified atom stereocenters. The molecule has 1 saturated heterocycles. The monoisotopic (exact) mass is 279 g/mol. The molecule has 4 heteroatoms. The zero-order valence-corrected chi connectivity index (χ0v) is 12.9. The van der Waals surface area contributed by atoms with E-state index in [-0.39, 0.29) is 5.82 Å². The fourth-order valence-electron chi connectivity index (χ4n) is 3.03. The minimum atomic E-state index is -0.156. The minimum absolute atomic E-state index is 0.156. The molecule has 0 atom stereocenters. The average Bonchev–Trinajstić information content (AvgIpc) is 2.91. The van der Waals surface area contributed by atoms with Gasteiger partial charge in [0.1, 0.15) is 0 Å². The summed E-state index contributed by atoms with van der Waals surface area (Å²) in [6.07, 6.45) is 5.17. The number of nitrogens with zero attached hydrogens (tertiary/aromatic N) is 2. The van der Waals surface area contributed by atoms with Crippen molar-refractivity contribution in [2.75, 3.05) is 24.5 Å². The van der Waals surface area contributed by atoms with Crippen LogP contribution in [0.1, 0.15) is 45.6 Å². The fraction of sp³-hybridized carbons (Fsp3) is 0.688. The van der Waals surface area contributed by atoms with Gasteiger partial charge in [-0.25, -0.2) is 9.37 Å². The van der Waals surface area contributed by atoms with E-state index in [0.29, 0.717) is 23.3 Å². The van der Waals surface area contributed by atoms with E-state index in [1.54, 1.807) is 12.3 Å². The van der Waals surface area contributed by atoms with Crippen molar-refractivity contribution in [3.05, 3.63) is 23.6 Å². The van der Waals surface area contributed by atoms with E-state index < -0.39 is 0 Å². The highest BCUT2D eigenvalue weighted by molar-refractivity contribution is 5.44. The Bertz CT molecular complexity index is 443. The summed E-state index contributed by atoms with van der Waals surface area (Å²) in [6.45, 7) is 9.74. The molecule has 0 spiro atoms. The summed E-state index contributed by atoms with van der Waals surface area (Å²) in [7, 11) is 0. The van der Waals surface area contributed by atoms with E-state index in [4.69, 9.17) is 0 Å². The first-order chi connectivity index (χ1) is 9.65. The second-order valence-electron chi connectivity index (χ2n) is 5.77. The number of pyridine rings is 1. The summed E-state index contributed by atoms with van der Waals surface area (Å²) in [4.78, 5) is 6.41. The molecular formula is C16H26FN3. The summed E-state index contributed by atoms with van der Waals surface area (Å²) in [6, 6.07) is 1.77. The Labute approximate surface area is 121 Å². The van der Waals surface area contributed by atoms with Crippen molar-refractivity contribution >= 4 is 5.82 Å². The summed E-state index contributed by atoms with van der Waals surface area (Å²) in [5.74, 6) is 0.376. The Morgan fingerprint density at radius 3 is 2.70 bits per heavy atom.